The van der Waals surface area contributed by atoms with E-state index in [1.54, 1.807) is 12.1 Å². The predicted molar refractivity (Wildman–Crippen MR) is 79.5 cm³/mol. The number of ether oxygens (including phenoxy) is 1. The zero-order valence-electron chi connectivity index (χ0n) is 12.3. The van der Waals surface area contributed by atoms with Crippen molar-refractivity contribution < 1.29 is 14.9 Å². The molecule has 2 N–H and O–H groups in total. The summed E-state index contributed by atoms with van der Waals surface area (Å²) in [5.74, 6) is 1.35. The molecule has 0 spiro atoms. The van der Waals surface area contributed by atoms with Crippen LogP contribution in [-0.4, -0.2) is 10.2 Å². The molecule has 0 aliphatic heterocycles. The van der Waals surface area contributed by atoms with Crippen LogP contribution in [0, 0.1) is 20.8 Å². The second kappa shape index (κ2) is 5.45. The molecule has 3 heteroatoms. The van der Waals surface area contributed by atoms with Gasteiger partial charge in [-0.1, -0.05) is 12.1 Å². The molecule has 2 aromatic rings. The summed E-state index contributed by atoms with van der Waals surface area (Å²) in [6.45, 7) is 7.65. The molecule has 0 aromatic heterocycles. The van der Waals surface area contributed by atoms with Crippen molar-refractivity contribution in [2.24, 2.45) is 0 Å². The Labute approximate surface area is 119 Å². The summed E-state index contributed by atoms with van der Waals surface area (Å²) in [5, 5.41) is 19.2. The molecule has 106 valence electrons. The number of hydrogen-bond donors (Lipinski definition) is 2. The Morgan fingerprint density at radius 2 is 1.55 bits per heavy atom. The minimum atomic E-state index is -0.127. The normalized spacial score (nSPS) is 12.2. The van der Waals surface area contributed by atoms with Gasteiger partial charge in [-0.25, -0.2) is 0 Å². The van der Waals surface area contributed by atoms with Gasteiger partial charge in [-0.15, -0.1) is 0 Å². The number of hydrogen-bond acceptors (Lipinski definition) is 3. The number of aromatic hydroxyl groups is 2. The van der Waals surface area contributed by atoms with E-state index in [1.807, 2.05) is 45.9 Å². The zero-order chi connectivity index (χ0) is 14.9. The Hall–Kier alpha value is -2.16. The Kier molecular flexibility index (Phi) is 3.89. The van der Waals surface area contributed by atoms with Crippen LogP contribution in [0.3, 0.4) is 0 Å². The maximum absolute atomic E-state index is 9.91. The molecule has 0 saturated carbocycles. The number of phenols is 2. The van der Waals surface area contributed by atoms with Gasteiger partial charge in [0, 0.05) is 0 Å². The number of phenolic OH excluding ortho intramolecular Hbond substituents is 2. The lowest BCUT2D eigenvalue weighted by Crippen LogP contribution is -2.05. The molecule has 0 bridgehead atoms. The molecule has 2 aromatic carbocycles. The van der Waals surface area contributed by atoms with Crippen LogP contribution in [0.1, 0.15) is 35.3 Å². The highest BCUT2D eigenvalue weighted by atomic mass is 16.5. The largest absolute Gasteiger partial charge is 0.508 e. The van der Waals surface area contributed by atoms with E-state index in [0.29, 0.717) is 5.75 Å². The van der Waals surface area contributed by atoms with Gasteiger partial charge in [-0.3, -0.25) is 0 Å². The van der Waals surface area contributed by atoms with Gasteiger partial charge < -0.3 is 14.9 Å². The standard InChI is InChI=1S/C17H20O3/c1-10-9-16(11(2)12(3)17(10)19)20-13(4)14-5-7-15(18)8-6-14/h5-9,13,18-19H,1-4H3. The molecular weight excluding hydrogens is 252 g/mol. The van der Waals surface area contributed by atoms with Crippen LogP contribution in [0.15, 0.2) is 30.3 Å². The van der Waals surface area contributed by atoms with Gasteiger partial charge in [0.1, 0.15) is 23.4 Å². The molecule has 0 aliphatic carbocycles. The second-order valence-corrected chi connectivity index (χ2v) is 5.14. The van der Waals surface area contributed by atoms with E-state index in [2.05, 4.69) is 0 Å². The van der Waals surface area contributed by atoms with E-state index in [0.717, 1.165) is 28.0 Å². The van der Waals surface area contributed by atoms with Gasteiger partial charge >= 0.3 is 0 Å². The third-order valence-corrected chi connectivity index (χ3v) is 3.67. The summed E-state index contributed by atoms with van der Waals surface area (Å²) in [5.41, 5.74) is 3.59. The van der Waals surface area contributed by atoms with Crippen LogP contribution in [0.5, 0.6) is 17.2 Å². The van der Waals surface area contributed by atoms with Crippen molar-refractivity contribution in [3.05, 3.63) is 52.6 Å². The van der Waals surface area contributed by atoms with E-state index in [-0.39, 0.29) is 11.9 Å². The third-order valence-electron chi connectivity index (χ3n) is 3.67. The van der Waals surface area contributed by atoms with Crippen molar-refractivity contribution in [2.75, 3.05) is 0 Å². The molecule has 2 rings (SSSR count). The second-order valence-electron chi connectivity index (χ2n) is 5.14. The van der Waals surface area contributed by atoms with E-state index in [9.17, 15) is 10.2 Å². The van der Waals surface area contributed by atoms with E-state index < -0.39 is 0 Å². The minimum Gasteiger partial charge on any atom is -0.508 e. The fourth-order valence-corrected chi connectivity index (χ4v) is 2.16. The summed E-state index contributed by atoms with van der Waals surface area (Å²) >= 11 is 0. The van der Waals surface area contributed by atoms with Crippen LogP contribution in [0.2, 0.25) is 0 Å². The maximum Gasteiger partial charge on any atom is 0.123 e. The van der Waals surface area contributed by atoms with Gasteiger partial charge in [0.25, 0.3) is 0 Å². The monoisotopic (exact) mass is 272 g/mol. The summed E-state index contributed by atoms with van der Waals surface area (Å²) in [4.78, 5) is 0. The van der Waals surface area contributed by atoms with Crippen LogP contribution in [0.4, 0.5) is 0 Å². The van der Waals surface area contributed by atoms with Crippen molar-refractivity contribution in [3.8, 4) is 17.2 Å². The summed E-state index contributed by atoms with van der Waals surface area (Å²) < 4.78 is 5.99. The van der Waals surface area contributed by atoms with Crippen molar-refractivity contribution in [3.63, 3.8) is 0 Å². The molecular formula is C17H20O3. The average molecular weight is 272 g/mol. The minimum absolute atomic E-state index is 0.127. The molecule has 0 amide bonds. The molecule has 3 nitrogen and oxygen atoms in total. The van der Waals surface area contributed by atoms with E-state index in [4.69, 9.17) is 4.74 Å². The summed E-state index contributed by atoms with van der Waals surface area (Å²) in [6.07, 6.45) is -0.127. The van der Waals surface area contributed by atoms with Crippen LogP contribution in [-0.2, 0) is 0 Å². The average Bonchev–Trinajstić information content (AvgIpc) is 2.43. The smallest absolute Gasteiger partial charge is 0.123 e. The maximum atomic E-state index is 9.91. The SMILES string of the molecule is Cc1cc(OC(C)c2ccc(O)cc2)c(C)c(C)c1O. The predicted octanol–water partition coefficient (Wildman–Crippen LogP) is 4.16. The lowest BCUT2D eigenvalue weighted by molar-refractivity contribution is 0.224. The number of benzene rings is 2. The van der Waals surface area contributed by atoms with Gasteiger partial charge in [-0.2, -0.15) is 0 Å². The molecule has 1 unspecified atom stereocenters. The third kappa shape index (κ3) is 2.72. The highest BCUT2D eigenvalue weighted by Gasteiger charge is 2.13. The van der Waals surface area contributed by atoms with E-state index >= 15 is 0 Å². The molecule has 1 atom stereocenters. The van der Waals surface area contributed by atoms with Crippen LogP contribution >= 0.6 is 0 Å². The van der Waals surface area contributed by atoms with Gasteiger partial charge in [-0.05, 0) is 68.1 Å². The Morgan fingerprint density at radius 3 is 2.15 bits per heavy atom. The van der Waals surface area contributed by atoms with Gasteiger partial charge in [0.15, 0.2) is 0 Å². The van der Waals surface area contributed by atoms with Crippen LogP contribution < -0.4 is 4.74 Å². The van der Waals surface area contributed by atoms with Crippen molar-refractivity contribution in [2.45, 2.75) is 33.8 Å². The first-order chi connectivity index (χ1) is 9.40. The Morgan fingerprint density at radius 1 is 0.950 bits per heavy atom. The van der Waals surface area contributed by atoms with Gasteiger partial charge in [0.2, 0.25) is 0 Å². The molecule has 0 radical (unpaired) electrons. The van der Waals surface area contributed by atoms with E-state index in [1.165, 1.54) is 0 Å². The lowest BCUT2D eigenvalue weighted by Gasteiger charge is -2.19. The van der Waals surface area contributed by atoms with Crippen molar-refractivity contribution in [1.29, 1.82) is 0 Å². The molecule has 0 saturated heterocycles. The van der Waals surface area contributed by atoms with Crippen molar-refractivity contribution in [1.82, 2.24) is 0 Å². The fraction of sp³-hybridized carbons (Fsp3) is 0.294. The first kappa shape index (κ1) is 14.3. The first-order valence-corrected chi connectivity index (χ1v) is 6.65. The molecule has 0 heterocycles. The summed E-state index contributed by atoms with van der Waals surface area (Å²) in [6, 6.07) is 8.84. The highest BCUT2D eigenvalue weighted by molar-refractivity contribution is 5.51. The summed E-state index contributed by atoms with van der Waals surface area (Å²) in [7, 11) is 0. The highest BCUT2D eigenvalue weighted by Crippen LogP contribution is 2.34. The number of aryl methyl sites for hydroxylation is 1. The number of rotatable bonds is 3. The zero-order valence-corrected chi connectivity index (χ0v) is 12.3. The van der Waals surface area contributed by atoms with Crippen LogP contribution in [0.25, 0.3) is 0 Å². The van der Waals surface area contributed by atoms with Crippen molar-refractivity contribution >= 4 is 0 Å². The quantitative estimate of drug-likeness (QED) is 0.882. The Bertz CT molecular complexity index is 615. The topological polar surface area (TPSA) is 49.7 Å². The molecule has 0 aliphatic rings. The molecule has 20 heavy (non-hydrogen) atoms. The Balaban J connectivity index is 2.28. The lowest BCUT2D eigenvalue weighted by atomic mass is 10.0. The molecule has 0 fully saturated rings. The fourth-order valence-electron chi connectivity index (χ4n) is 2.16. The first-order valence-electron chi connectivity index (χ1n) is 6.65. The van der Waals surface area contributed by atoms with Gasteiger partial charge in [0.05, 0.1) is 0 Å².